The molecule has 0 radical (unpaired) electrons. The van der Waals surface area contributed by atoms with E-state index in [2.05, 4.69) is 76.1 Å². The van der Waals surface area contributed by atoms with Gasteiger partial charge in [0.05, 0.1) is 0 Å². The third-order valence-corrected chi connectivity index (χ3v) is 5.27. The molecule has 0 aliphatic carbocycles. The Balaban J connectivity index is 2.83. The maximum absolute atomic E-state index is 3.74. The lowest BCUT2D eigenvalue weighted by molar-refractivity contribution is 0.353. The molecular formula is C18H29Br2N. The lowest BCUT2D eigenvalue weighted by Gasteiger charge is -2.25. The van der Waals surface area contributed by atoms with Crippen molar-refractivity contribution in [2.75, 3.05) is 6.54 Å². The van der Waals surface area contributed by atoms with E-state index in [0.717, 1.165) is 16.9 Å². The number of rotatable bonds is 10. The minimum absolute atomic E-state index is 0.453. The van der Waals surface area contributed by atoms with Gasteiger partial charge in [-0.15, -0.1) is 0 Å². The van der Waals surface area contributed by atoms with Crippen LogP contribution in [0.1, 0.15) is 70.9 Å². The molecule has 0 aromatic heterocycles. The van der Waals surface area contributed by atoms with Gasteiger partial charge >= 0.3 is 0 Å². The summed E-state index contributed by atoms with van der Waals surface area (Å²) in [6, 6.07) is 7.00. The Morgan fingerprint density at radius 2 is 1.86 bits per heavy atom. The van der Waals surface area contributed by atoms with E-state index < -0.39 is 0 Å². The van der Waals surface area contributed by atoms with Crippen LogP contribution in [0.25, 0.3) is 0 Å². The highest BCUT2D eigenvalue weighted by atomic mass is 79.9. The standard InChI is InChI=1S/C18H29Br2N/c1-4-7-8-14(6-3)12-18(21-11-5-2)16-10-9-15(19)13-17(16)20/h9-10,13-14,18,21H,4-8,11-12H2,1-3H3. The molecular weight excluding hydrogens is 390 g/mol. The lowest BCUT2D eigenvalue weighted by Crippen LogP contribution is -2.25. The highest BCUT2D eigenvalue weighted by molar-refractivity contribution is 9.11. The minimum atomic E-state index is 0.453. The fraction of sp³-hybridized carbons (Fsp3) is 0.667. The minimum Gasteiger partial charge on any atom is -0.310 e. The second kappa shape index (κ2) is 10.8. The largest absolute Gasteiger partial charge is 0.310 e. The van der Waals surface area contributed by atoms with Crippen LogP contribution >= 0.6 is 31.9 Å². The van der Waals surface area contributed by atoms with Crippen LogP contribution in [0.5, 0.6) is 0 Å². The summed E-state index contributed by atoms with van der Waals surface area (Å²) in [5, 5.41) is 3.74. The van der Waals surface area contributed by atoms with Gasteiger partial charge < -0.3 is 5.32 Å². The molecule has 0 bridgehead atoms. The number of hydrogen-bond donors (Lipinski definition) is 1. The predicted octanol–water partition coefficient (Wildman–Crippen LogP) is 6.86. The Morgan fingerprint density at radius 1 is 1.10 bits per heavy atom. The van der Waals surface area contributed by atoms with E-state index in [-0.39, 0.29) is 0 Å². The molecule has 0 aliphatic rings. The molecule has 1 aromatic carbocycles. The smallest absolute Gasteiger partial charge is 0.0334 e. The molecule has 1 rings (SSSR count). The van der Waals surface area contributed by atoms with Crippen molar-refractivity contribution in [1.82, 2.24) is 5.32 Å². The Bertz CT molecular complexity index is 406. The van der Waals surface area contributed by atoms with E-state index in [1.165, 1.54) is 48.6 Å². The van der Waals surface area contributed by atoms with Crippen LogP contribution in [0.15, 0.2) is 27.1 Å². The molecule has 1 nitrogen and oxygen atoms in total. The van der Waals surface area contributed by atoms with Gasteiger partial charge in [-0.05, 0) is 43.0 Å². The van der Waals surface area contributed by atoms with Gasteiger partial charge in [-0.1, -0.05) is 84.4 Å². The summed E-state index contributed by atoms with van der Waals surface area (Å²) < 4.78 is 2.33. The topological polar surface area (TPSA) is 12.0 Å². The first-order chi connectivity index (χ1) is 10.1. The van der Waals surface area contributed by atoms with E-state index >= 15 is 0 Å². The first kappa shape index (κ1) is 19.2. The highest BCUT2D eigenvalue weighted by Crippen LogP contribution is 2.32. The average molecular weight is 419 g/mol. The zero-order valence-corrected chi connectivity index (χ0v) is 16.8. The Kier molecular flexibility index (Phi) is 9.87. The van der Waals surface area contributed by atoms with Crippen LogP contribution in [0.4, 0.5) is 0 Å². The summed E-state index contributed by atoms with van der Waals surface area (Å²) in [7, 11) is 0. The first-order valence-corrected chi connectivity index (χ1v) is 9.89. The van der Waals surface area contributed by atoms with Gasteiger partial charge in [-0.2, -0.15) is 0 Å². The van der Waals surface area contributed by atoms with Gasteiger partial charge in [0, 0.05) is 15.0 Å². The quantitative estimate of drug-likeness (QED) is 0.437. The number of nitrogens with one attached hydrogen (secondary N) is 1. The molecule has 0 spiro atoms. The van der Waals surface area contributed by atoms with E-state index in [1.54, 1.807) is 0 Å². The van der Waals surface area contributed by atoms with Crippen LogP contribution in [-0.4, -0.2) is 6.54 Å². The van der Waals surface area contributed by atoms with Crippen LogP contribution in [0.3, 0.4) is 0 Å². The summed E-state index contributed by atoms with van der Waals surface area (Å²) in [5.41, 5.74) is 1.39. The van der Waals surface area contributed by atoms with Crippen molar-refractivity contribution in [3.8, 4) is 0 Å². The first-order valence-electron chi connectivity index (χ1n) is 8.30. The maximum Gasteiger partial charge on any atom is 0.0334 e. The second-order valence-corrected chi connectivity index (χ2v) is 7.59. The van der Waals surface area contributed by atoms with Crippen molar-refractivity contribution in [1.29, 1.82) is 0 Å². The Labute approximate surface area is 147 Å². The molecule has 1 N–H and O–H groups in total. The van der Waals surface area contributed by atoms with Gasteiger partial charge in [0.1, 0.15) is 0 Å². The summed E-state index contributed by atoms with van der Waals surface area (Å²) >= 11 is 7.28. The van der Waals surface area contributed by atoms with Gasteiger partial charge in [0.2, 0.25) is 0 Å². The Morgan fingerprint density at radius 3 is 2.43 bits per heavy atom. The highest BCUT2D eigenvalue weighted by Gasteiger charge is 2.18. The fourth-order valence-electron chi connectivity index (χ4n) is 2.74. The van der Waals surface area contributed by atoms with Crippen LogP contribution in [0.2, 0.25) is 0 Å². The van der Waals surface area contributed by atoms with E-state index in [4.69, 9.17) is 0 Å². The summed E-state index contributed by atoms with van der Waals surface area (Å²) in [6.07, 6.45) is 7.68. The molecule has 0 heterocycles. The lowest BCUT2D eigenvalue weighted by atomic mass is 9.89. The molecule has 0 aliphatic heterocycles. The predicted molar refractivity (Wildman–Crippen MR) is 101 cm³/mol. The SMILES string of the molecule is CCCCC(CC)CC(NCCC)c1ccc(Br)cc1Br. The van der Waals surface area contributed by atoms with E-state index in [9.17, 15) is 0 Å². The molecule has 0 amide bonds. The third-order valence-electron chi connectivity index (χ3n) is 4.09. The summed E-state index contributed by atoms with van der Waals surface area (Å²) in [5.74, 6) is 0.815. The molecule has 0 saturated heterocycles. The molecule has 3 heteroatoms. The van der Waals surface area contributed by atoms with Crippen molar-refractivity contribution < 1.29 is 0 Å². The van der Waals surface area contributed by atoms with Crippen molar-refractivity contribution >= 4 is 31.9 Å². The van der Waals surface area contributed by atoms with Crippen molar-refractivity contribution in [3.05, 3.63) is 32.7 Å². The van der Waals surface area contributed by atoms with Crippen LogP contribution in [-0.2, 0) is 0 Å². The summed E-state index contributed by atoms with van der Waals surface area (Å²) in [4.78, 5) is 0. The number of unbranched alkanes of at least 4 members (excludes halogenated alkanes) is 1. The van der Waals surface area contributed by atoms with Gasteiger partial charge in [0.15, 0.2) is 0 Å². The Hall–Kier alpha value is 0.140. The zero-order chi connectivity index (χ0) is 15.7. The molecule has 1 aromatic rings. The van der Waals surface area contributed by atoms with Crippen LogP contribution < -0.4 is 5.32 Å². The molecule has 2 atom stereocenters. The zero-order valence-electron chi connectivity index (χ0n) is 13.6. The van der Waals surface area contributed by atoms with Crippen molar-refractivity contribution in [2.24, 2.45) is 5.92 Å². The number of halogens is 2. The number of benzene rings is 1. The van der Waals surface area contributed by atoms with E-state index in [1.807, 2.05) is 0 Å². The van der Waals surface area contributed by atoms with E-state index in [0.29, 0.717) is 6.04 Å². The second-order valence-electron chi connectivity index (χ2n) is 5.82. The fourth-order valence-corrected chi connectivity index (χ4v) is 4.06. The molecule has 2 unspecified atom stereocenters. The summed E-state index contributed by atoms with van der Waals surface area (Å²) in [6.45, 7) is 7.92. The van der Waals surface area contributed by atoms with Crippen LogP contribution in [0, 0.1) is 5.92 Å². The monoisotopic (exact) mass is 417 g/mol. The maximum atomic E-state index is 3.74. The molecule has 0 saturated carbocycles. The van der Waals surface area contributed by atoms with Crippen molar-refractivity contribution in [3.63, 3.8) is 0 Å². The van der Waals surface area contributed by atoms with Gasteiger partial charge in [0.25, 0.3) is 0 Å². The van der Waals surface area contributed by atoms with Gasteiger partial charge in [-0.3, -0.25) is 0 Å². The van der Waals surface area contributed by atoms with Gasteiger partial charge in [-0.25, -0.2) is 0 Å². The normalized spacial score (nSPS) is 14.1. The van der Waals surface area contributed by atoms with Crippen molar-refractivity contribution in [2.45, 2.75) is 65.3 Å². The number of hydrogen-bond acceptors (Lipinski definition) is 1. The molecule has 0 fully saturated rings. The molecule has 21 heavy (non-hydrogen) atoms. The molecule has 120 valence electrons. The third kappa shape index (κ3) is 6.83. The average Bonchev–Trinajstić information content (AvgIpc) is 2.47.